The smallest absolute Gasteiger partial charge is 0.223 e. The number of rotatable bonds is 2. The first-order chi connectivity index (χ1) is 6.13. The summed E-state index contributed by atoms with van der Waals surface area (Å²) < 4.78 is 0. The van der Waals surface area contributed by atoms with E-state index in [2.05, 4.69) is 13.8 Å². The van der Waals surface area contributed by atoms with Crippen LogP contribution >= 0.6 is 11.6 Å². The van der Waals surface area contributed by atoms with E-state index in [1.165, 1.54) is 6.42 Å². The van der Waals surface area contributed by atoms with Crippen LogP contribution in [0.5, 0.6) is 0 Å². The first kappa shape index (κ1) is 10.8. The number of hydrogen-bond acceptors (Lipinski definition) is 1. The van der Waals surface area contributed by atoms with Crippen LogP contribution in [0.25, 0.3) is 0 Å². The van der Waals surface area contributed by atoms with Crippen molar-refractivity contribution >= 4 is 17.5 Å². The summed E-state index contributed by atoms with van der Waals surface area (Å²) >= 11 is 5.54. The summed E-state index contributed by atoms with van der Waals surface area (Å²) in [5, 5.41) is 0. The Morgan fingerprint density at radius 2 is 1.92 bits per heavy atom. The van der Waals surface area contributed by atoms with Gasteiger partial charge < -0.3 is 4.90 Å². The molecule has 76 valence electrons. The number of halogens is 1. The zero-order chi connectivity index (χ0) is 9.84. The largest absolute Gasteiger partial charge is 0.342 e. The van der Waals surface area contributed by atoms with Crippen LogP contribution in [0, 0.1) is 11.8 Å². The second-order valence-electron chi connectivity index (χ2n) is 4.18. The standard InChI is InChI=1S/C10H18ClNO/c1-8-5-9(2)7-12(6-8)10(13)3-4-11/h8-9H,3-7H2,1-2H3/t8-,9-/m1/s1. The SMILES string of the molecule is C[C@@H]1C[C@@H](C)CN(C(=O)CCCl)C1. The van der Waals surface area contributed by atoms with Crippen molar-refractivity contribution in [1.82, 2.24) is 4.90 Å². The molecular weight excluding hydrogens is 186 g/mol. The van der Waals surface area contributed by atoms with Crippen LogP contribution in [0.4, 0.5) is 0 Å². The zero-order valence-corrected chi connectivity index (χ0v) is 9.18. The number of alkyl halides is 1. The molecular formula is C10H18ClNO. The molecule has 0 aliphatic carbocycles. The van der Waals surface area contributed by atoms with Crippen LogP contribution in [0.3, 0.4) is 0 Å². The van der Waals surface area contributed by atoms with Crippen molar-refractivity contribution in [2.45, 2.75) is 26.7 Å². The van der Waals surface area contributed by atoms with E-state index < -0.39 is 0 Å². The molecule has 1 amide bonds. The maximum Gasteiger partial charge on any atom is 0.223 e. The highest BCUT2D eigenvalue weighted by molar-refractivity contribution is 6.18. The van der Waals surface area contributed by atoms with Gasteiger partial charge in [0.15, 0.2) is 0 Å². The number of nitrogens with zero attached hydrogens (tertiary/aromatic N) is 1. The van der Waals surface area contributed by atoms with Gasteiger partial charge in [-0.3, -0.25) is 4.79 Å². The summed E-state index contributed by atoms with van der Waals surface area (Å²) in [5.41, 5.74) is 0. The predicted molar refractivity (Wildman–Crippen MR) is 54.9 cm³/mol. The molecule has 0 radical (unpaired) electrons. The van der Waals surface area contributed by atoms with Crippen LogP contribution in [0.1, 0.15) is 26.7 Å². The van der Waals surface area contributed by atoms with Crippen molar-refractivity contribution in [3.8, 4) is 0 Å². The normalized spacial score (nSPS) is 29.0. The van der Waals surface area contributed by atoms with E-state index in [4.69, 9.17) is 11.6 Å². The molecule has 2 atom stereocenters. The molecule has 1 aliphatic rings. The van der Waals surface area contributed by atoms with Gasteiger partial charge in [-0.15, -0.1) is 11.6 Å². The number of hydrogen-bond donors (Lipinski definition) is 0. The van der Waals surface area contributed by atoms with Crippen LogP contribution in [0.2, 0.25) is 0 Å². The fraction of sp³-hybridized carbons (Fsp3) is 0.900. The van der Waals surface area contributed by atoms with E-state index in [9.17, 15) is 4.79 Å². The number of likely N-dealkylation sites (tertiary alicyclic amines) is 1. The Bertz CT molecular complexity index is 174. The van der Waals surface area contributed by atoms with Crippen LogP contribution < -0.4 is 0 Å². The summed E-state index contributed by atoms with van der Waals surface area (Å²) in [7, 11) is 0. The van der Waals surface area contributed by atoms with E-state index in [0.29, 0.717) is 24.1 Å². The van der Waals surface area contributed by atoms with Crippen molar-refractivity contribution < 1.29 is 4.79 Å². The van der Waals surface area contributed by atoms with E-state index >= 15 is 0 Å². The Hall–Kier alpha value is -0.240. The molecule has 0 saturated carbocycles. The molecule has 0 aromatic rings. The Kier molecular flexibility index (Phi) is 4.04. The Labute approximate surface area is 85.2 Å². The maximum absolute atomic E-state index is 11.5. The summed E-state index contributed by atoms with van der Waals surface area (Å²) in [6.45, 7) is 6.24. The minimum absolute atomic E-state index is 0.216. The molecule has 1 aliphatic heterocycles. The highest BCUT2D eigenvalue weighted by atomic mass is 35.5. The molecule has 0 aromatic heterocycles. The minimum Gasteiger partial charge on any atom is -0.342 e. The first-order valence-corrected chi connectivity index (χ1v) is 5.50. The maximum atomic E-state index is 11.5. The molecule has 0 N–H and O–H groups in total. The third kappa shape index (κ3) is 3.18. The highest BCUT2D eigenvalue weighted by Crippen LogP contribution is 2.21. The number of amides is 1. The summed E-state index contributed by atoms with van der Waals surface area (Å²) in [6.07, 6.45) is 1.73. The van der Waals surface area contributed by atoms with E-state index in [0.717, 1.165) is 13.1 Å². The van der Waals surface area contributed by atoms with Crippen molar-refractivity contribution in [3.05, 3.63) is 0 Å². The average Bonchev–Trinajstić information content (AvgIpc) is 2.03. The van der Waals surface area contributed by atoms with E-state index in [1.807, 2.05) is 4.90 Å². The van der Waals surface area contributed by atoms with Gasteiger partial charge in [-0.2, -0.15) is 0 Å². The van der Waals surface area contributed by atoms with Crippen LogP contribution in [0.15, 0.2) is 0 Å². The molecule has 0 aromatic carbocycles. The lowest BCUT2D eigenvalue weighted by molar-refractivity contribution is -0.133. The predicted octanol–water partition coefficient (Wildman–Crippen LogP) is 2.12. The molecule has 13 heavy (non-hydrogen) atoms. The first-order valence-electron chi connectivity index (χ1n) is 4.97. The van der Waals surface area contributed by atoms with Gasteiger partial charge in [-0.25, -0.2) is 0 Å². The minimum atomic E-state index is 0.216. The summed E-state index contributed by atoms with van der Waals surface area (Å²) in [6, 6.07) is 0. The van der Waals surface area contributed by atoms with Crippen molar-refractivity contribution in [2.75, 3.05) is 19.0 Å². The van der Waals surface area contributed by atoms with Crippen molar-refractivity contribution in [1.29, 1.82) is 0 Å². The Morgan fingerprint density at radius 3 is 2.38 bits per heavy atom. The highest BCUT2D eigenvalue weighted by Gasteiger charge is 2.24. The molecule has 3 heteroatoms. The summed E-state index contributed by atoms with van der Waals surface area (Å²) in [5.74, 6) is 1.94. The monoisotopic (exact) mass is 203 g/mol. The molecule has 2 nitrogen and oxygen atoms in total. The van der Waals surface area contributed by atoms with Crippen LogP contribution in [-0.2, 0) is 4.79 Å². The van der Waals surface area contributed by atoms with E-state index in [1.54, 1.807) is 0 Å². The van der Waals surface area contributed by atoms with Gasteiger partial charge in [0, 0.05) is 25.4 Å². The zero-order valence-electron chi connectivity index (χ0n) is 8.42. The van der Waals surface area contributed by atoms with Crippen molar-refractivity contribution in [3.63, 3.8) is 0 Å². The third-order valence-electron chi connectivity index (χ3n) is 2.53. The van der Waals surface area contributed by atoms with E-state index in [-0.39, 0.29) is 5.91 Å². The second kappa shape index (κ2) is 4.85. The van der Waals surface area contributed by atoms with Gasteiger partial charge in [0.25, 0.3) is 0 Å². The number of piperidine rings is 1. The van der Waals surface area contributed by atoms with Gasteiger partial charge in [-0.05, 0) is 18.3 Å². The fourth-order valence-electron chi connectivity index (χ4n) is 2.11. The second-order valence-corrected chi connectivity index (χ2v) is 4.56. The molecule has 1 saturated heterocycles. The van der Waals surface area contributed by atoms with Gasteiger partial charge in [0.2, 0.25) is 5.91 Å². The number of carbonyl (C=O) groups is 1. The molecule has 0 unspecified atom stereocenters. The van der Waals surface area contributed by atoms with Crippen molar-refractivity contribution in [2.24, 2.45) is 11.8 Å². The van der Waals surface area contributed by atoms with Gasteiger partial charge in [0.05, 0.1) is 0 Å². The molecule has 1 rings (SSSR count). The topological polar surface area (TPSA) is 20.3 Å². The number of carbonyl (C=O) groups excluding carboxylic acids is 1. The molecule has 0 spiro atoms. The fourth-order valence-corrected chi connectivity index (χ4v) is 2.27. The summed E-state index contributed by atoms with van der Waals surface area (Å²) in [4.78, 5) is 13.5. The molecule has 0 bridgehead atoms. The Balaban J connectivity index is 2.45. The molecule has 1 fully saturated rings. The average molecular weight is 204 g/mol. The molecule has 1 heterocycles. The lowest BCUT2D eigenvalue weighted by atomic mass is 9.92. The van der Waals surface area contributed by atoms with Gasteiger partial charge in [-0.1, -0.05) is 13.8 Å². The quantitative estimate of drug-likeness (QED) is 0.630. The van der Waals surface area contributed by atoms with Crippen LogP contribution in [-0.4, -0.2) is 29.8 Å². The Morgan fingerprint density at radius 1 is 1.38 bits per heavy atom. The third-order valence-corrected chi connectivity index (χ3v) is 2.72. The van der Waals surface area contributed by atoms with Gasteiger partial charge in [0.1, 0.15) is 0 Å². The lowest BCUT2D eigenvalue weighted by Gasteiger charge is -2.34. The van der Waals surface area contributed by atoms with Gasteiger partial charge >= 0.3 is 0 Å². The lowest BCUT2D eigenvalue weighted by Crippen LogP contribution is -2.42.